The van der Waals surface area contributed by atoms with E-state index in [0.717, 1.165) is 4.80 Å². The van der Waals surface area contributed by atoms with Crippen molar-refractivity contribution in [2.75, 3.05) is 0 Å². The molecule has 0 radical (unpaired) electrons. The standard InChI is InChI=1S/C20H14ClN5O6/c1-9(27)13-7-6-12(31-13)8-26-24-14(18(22)28)15(25-26)19-23-16(20(29)30)17(32-19)10-2-4-11(21)5-3-10/h2-7H,8H2,1H3,(H2,22,28)(H,29,30). The van der Waals surface area contributed by atoms with Gasteiger partial charge >= 0.3 is 5.97 Å². The number of ketones is 1. The second-order valence-corrected chi connectivity index (χ2v) is 7.06. The fourth-order valence-corrected chi connectivity index (χ4v) is 3.01. The number of oxazole rings is 1. The number of furan rings is 1. The van der Waals surface area contributed by atoms with Crippen LogP contribution in [0.3, 0.4) is 0 Å². The van der Waals surface area contributed by atoms with Crippen LogP contribution in [0.1, 0.15) is 44.2 Å². The minimum absolute atomic E-state index is 0.0237. The van der Waals surface area contributed by atoms with E-state index in [9.17, 15) is 19.5 Å². The molecule has 3 aromatic heterocycles. The molecule has 0 atom stereocenters. The third-order valence-corrected chi connectivity index (χ3v) is 4.59. The Labute approximate surface area is 184 Å². The minimum atomic E-state index is -1.34. The second-order valence-electron chi connectivity index (χ2n) is 6.62. The van der Waals surface area contributed by atoms with Gasteiger partial charge in [-0.1, -0.05) is 11.6 Å². The van der Waals surface area contributed by atoms with Crippen LogP contribution in [-0.4, -0.2) is 42.7 Å². The van der Waals surface area contributed by atoms with Crippen molar-refractivity contribution in [3.8, 4) is 22.9 Å². The van der Waals surface area contributed by atoms with E-state index >= 15 is 0 Å². The van der Waals surface area contributed by atoms with Crippen LogP contribution in [0.15, 0.2) is 45.2 Å². The van der Waals surface area contributed by atoms with Crippen molar-refractivity contribution in [3.05, 3.63) is 64.3 Å². The average molecular weight is 456 g/mol. The number of nitrogens with zero attached hydrogens (tertiary/aromatic N) is 4. The molecule has 3 N–H and O–H groups in total. The molecule has 4 rings (SSSR count). The molecule has 11 nitrogen and oxygen atoms in total. The quantitative estimate of drug-likeness (QED) is 0.398. The summed E-state index contributed by atoms with van der Waals surface area (Å²) in [5.74, 6) is -2.30. The molecule has 0 saturated carbocycles. The number of halogens is 1. The van der Waals surface area contributed by atoms with Crippen LogP contribution < -0.4 is 5.73 Å². The highest BCUT2D eigenvalue weighted by Gasteiger charge is 2.27. The predicted octanol–water partition coefficient (Wildman–Crippen LogP) is 2.89. The number of carboxylic acid groups (broad SMARTS) is 1. The molecule has 0 aliphatic heterocycles. The van der Waals surface area contributed by atoms with E-state index in [1.807, 2.05) is 0 Å². The zero-order valence-corrected chi connectivity index (χ0v) is 17.2. The molecule has 0 aliphatic carbocycles. The topological polar surface area (TPSA) is 167 Å². The first-order chi connectivity index (χ1) is 15.2. The Balaban J connectivity index is 1.76. The number of hydrogen-bond donors (Lipinski definition) is 2. The Hall–Kier alpha value is -4.25. The van der Waals surface area contributed by atoms with Gasteiger partial charge in [-0.15, -0.1) is 10.2 Å². The lowest BCUT2D eigenvalue weighted by Crippen LogP contribution is -2.13. The van der Waals surface area contributed by atoms with E-state index in [-0.39, 0.29) is 46.8 Å². The van der Waals surface area contributed by atoms with Gasteiger partial charge in [0.2, 0.25) is 0 Å². The number of rotatable bonds is 7. The Morgan fingerprint density at radius 1 is 1.06 bits per heavy atom. The molecule has 0 aliphatic rings. The molecule has 12 heteroatoms. The van der Waals surface area contributed by atoms with E-state index in [0.29, 0.717) is 16.3 Å². The average Bonchev–Trinajstić information content (AvgIpc) is 3.46. The van der Waals surface area contributed by atoms with Gasteiger partial charge < -0.3 is 19.7 Å². The van der Waals surface area contributed by atoms with E-state index < -0.39 is 11.9 Å². The second kappa shape index (κ2) is 8.12. The predicted molar refractivity (Wildman–Crippen MR) is 109 cm³/mol. The SMILES string of the molecule is CC(=O)c1ccc(Cn2nc(C(N)=O)c(-c3nc(C(=O)O)c(-c4ccc(Cl)cc4)o3)n2)o1. The molecule has 32 heavy (non-hydrogen) atoms. The maximum atomic E-state index is 11.9. The first-order valence-corrected chi connectivity index (χ1v) is 9.45. The van der Waals surface area contributed by atoms with Crippen LogP contribution in [0.5, 0.6) is 0 Å². The van der Waals surface area contributed by atoms with E-state index in [1.165, 1.54) is 13.0 Å². The summed E-state index contributed by atoms with van der Waals surface area (Å²) in [6.45, 7) is 1.34. The van der Waals surface area contributed by atoms with Crippen molar-refractivity contribution in [2.45, 2.75) is 13.5 Å². The van der Waals surface area contributed by atoms with Crippen LogP contribution in [0, 0.1) is 0 Å². The number of aromatic nitrogens is 4. The number of carbonyl (C=O) groups is 3. The van der Waals surface area contributed by atoms with Crippen LogP contribution in [0.4, 0.5) is 0 Å². The van der Waals surface area contributed by atoms with Gasteiger partial charge in [0.1, 0.15) is 12.3 Å². The van der Waals surface area contributed by atoms with Crippen molar-refractivity contribution >= 4 is 29.3 Å². The van der Waals surface area contributed by atoms with Crippen LogP contribution in [-0.2, 0) is 6.54 Å². The van der Waals surface area contributed by atoms with Gasteiger partial charge in [0, 0.05) is 17.5 Å². The van der Waals surface area contributed by atoms with Gasteiger partial charge in [-0.3, -0.25) is 9.59 Å². The molecule has 0 saturated heterocycles. The lowest BCUT2D eigenvalue weighted by atomic mass is 10.1. The van der Waals surface area contributed by atoms with E-state index in [4.69, 9.17) is 26.2 Å². The summed E-state index contributed by atoms with van der Waals surface area (Å²) in [7, 11) is 0. The molecule has 0 spiro atoms. The number of primary amides is 1. The summed E-state index contributed by atoms with van der Waals surface area (Å²) in [4.78, 5) is 40.1. The van der Waals surface area contributed by atoms with Gasteiger partial charge in [0.05, 0.1) is 0 Å². The minimum Gasteiger partial charge on any atom is -0.476 e. The summed E-state index contributed by atoms with van der Waals surface area (Å²) >= 11 is 5.88. The van der Waals surface area contributed by atoms with Crippen LogP contribution in [0.2, 0.25) is 5.02 Å². The number of nitrogens with two attached hydrogens (primary N) is 1. The van der Waals surface area contributed by atoms with E-state index in [1.54, 1.807) is 30.3 Å². The zero-order valence-electron chi connectivity index (χ0n) is 16.4. The van der Waals surface area contributed by atoms with Crippen LogP contribution in [0.25, 0.3) is 22.9 Å². The molecule has 0 unspecified atom stereocenters. The molecule has 162 valence electrons. The lowest BCUT2D eigenvalue weighted by Gasteiger charge is -1.98. The third-order valence-electron chi connectivity index (χ3n) is 4.33. The largest absolute Gasteiger partial charge is 0.476 e. The number of aromatic carboxylic acids is 1. The summed E-state index contributed by atoms with van der Waals surface area (Å²) in [5, 5.41) is 18.2. The molecule has 0 fully saturated rings. The van der Waals surface area contributed by atoms with Crippen LogP contribution >= 0.6 is 11.6 Å². The summed E-state index contributed by atoms with van der Waals surface area (Å²) < 4.78 is 11.0. The van der Waals surface area contributed by atoms with Gasteiger partial charge in [0.15, 0.2) is 34.4 Å². The molecule has 1 aromatic carbocycles. The number of amides is 1. The number of hydrogen-bond acceptors (Lipinski definition) is 8. The highest BCUT2D eigenvalue weighted by atomic mass is 35.5. The first kappa shape index (κ1) is 21.0. The normalized spacial score (nSPS) is 10.9. The molecule has 3 heterocycles. The van der Waals surface area contributed by atoms with Gasteiger partial charge in [0.25, 0.3) is 11.8 Å². The highest BCUT2D eigenvalue weighted by molar-refractivity contribution is 6.30. The Morgan fingerprint density at radius 3 is 2.38 bits per heavy atom. The molecular weight excluding hydrogens is 442 g/mol. The molecule has 1 amide bonds. The Kier molecular flexibility index (Phi) is 5.33. The monoisotopic (exact) mass is 455 g/mol. The van der Waals surface area contributed by atoms with Gasteiger partial charge in [-0.2, -0.15) is 9.78 Å². The highest BCUT2D eigenvalue weighted by Crippen LogP contribution is 2.31. The van der Waals surface area contributed by atoms with Gasteiger partial charge in [-0.25, -0.2) is 4.79 Å². The summed E-state index contributed by atoms with van der Waals surface area (Å²) in [5.41, 5.74) is 5.02. The fraction of sp³-hybridized carbons (Fsp3) is 0.100. The summed E-state index contributed by atoms with van der Waals surface area (Å²) in [6, 6.07) is 9.32. The summed E-state index contributed by atoms with van der Waals surface area (Å²) in [6.07, 6.45) is 0. The zero-order chi connectivity index (χ0) is 23.0. The molecule has 0 bridgehead atoms. The maximum Gasteiger partial charge on any atom is 0.358 e. The first-order valence-electron chi connectivity index (χ1n) is 9.08. The Bertz CT molecular complexity index is 1350. The Morgan fingerprint density at radius 2 is 1.78 bits per heavy atom. The van der Waals surface area contributed by atoms with Crippen molar-refractivity contribution in [2.24, 2.45) is 5.73 Å². The number of Topliss-reactive ketones (excluding diaryl/α,β-unsaturated/α-hetero) is 1. The van der Waals surface area contributed by atoms with Crippen molar-refractivity contribution in [1.82, 2.24) is 20.0 Å². The van der Waals surface area contributed by atoms with E-state index in [2.05, 4.69) is 15.2 Å². The maximum absolute atomic E-state index is 11.9. The molecule has 4 aromatic rings. The lowest BCUT2D eigenvalue weighted by molar-refractivity contribution is 0.0691. The van der Waals surface area contributed by atoms with Crippen molar-refractivity contribution in [1.29, 1.82) is 0 Å². The number of carboxylic acids is 1. The molecular formula is C20H14ClN5O6. The number of benzene rings is 1. The van der Waals surface area contributed by atoms with Gasteiger partial charge in [-0.05, 0) is 36.4 Å². The smallest absolute Gasteiger partial charge is 0.358 e. The third kappa shape index (κ3) is 4.01. The number of carbonyl (C=O) groups excluding carboxylic acids is 2. The van der Waals surface area contributed by atoms with Crippen molar-refractivity contribution in [3.63, 3.8) is 0 Å². The fourth-order valence-electron chi connectivity index (χ4n) is 2.88. The van der Waals surface area contributed by atoms with Crippen molar-refractivity contribution < 1.29 is 28.3 Å².